The highest BCUT2D eigenvalue weighted by Crippen LogP contribution is 2.25. The van der Waals surface area contributed by atoms with Gasteiger partial charge >= 0.3 is 0 Å². The van der Waals surface area contributed by atoms with E-state index in [9.17, 15) is 28.8 Å². The minimum absolute atomic E-state index is 0.0168. The van der Waals surface area contributed by atoms with E-state index in [1.807, 2.05) is 133 Å². The summed E-state index contributed by atoms with van der Waals surface area (Å²) in [7, 11) is 0. The molecule has 0 aliphatic carbocycles. The number of halogens is 2. The van der Waals surface area contributed by atoms with E-state index in [0.29, 0.717) is 17.1 Å². The Hall–Kier alpha value is -6.71. The van der Waals surface area contributed by atoms with Gasteiger partial charge in [0.05, 0.1) is 0 Å². The van der Waals surface area contributed by atoms with Crippen LogP contribution in [-0.2, 0) is 24.0 Å². The zero-order valence-electron chi connectivity index (χ0n) is 38.8. The Morgan fingerprint density at radius 2 is 0.779 bits per heavy atom. The van der Waals surface area contributed by atoms with Gasteiger partial charge in [-0.15, -0.1) is 0 Å². The van der Waals surface area contributed by atoms with Crippen LogP contribution < -0.4 is 23.7 Å². The summed E-state index contributed by atoms with van der Waals surface area (Å²) in [5.74, 6) is 3.68. The molecular weight excluding hydrogens is 1040 g/mol. The third-order valence-corrected chi connectivity index (χ3v) is 9.81. The fraction of sp³-hybridized carbons (Fsp3) is 0.200. The van der Waals surface area contributed by atoms with Gasteiger partial charge in [-0.05, 0) is 171 Å². The molecule has 0 aliphatic heterocycles. The molecule has 0 heterocycles. The zero-order valence-corrected chi connectivity index (χ0v) is 42.5. The van der Waals surface area contributed by atoms with Crippen LogP contribution in [0.1, 0.15) is 51.9 Å². The molecule has 0 radical (unpaired) electrons. The fourth-order valence-corrected chi connectivity index (χ4v) is 5.97. The van der Waals surface area contributed by atoms with Gasteiger partial charge in [0.25, 0.3) is 0 Å². The maximum atomic E-state index is 10.9. The van der Waals surface area contributed by atoms with Gasteiger partial charge in [0.2, 0.25) is 0 Å². The van der Waals surface area contributed by atoms with Gasteiger partial charge in [0.15, 0.2) is 34.7 Å². The summed E-state index contributed by atoms with van der Waals surface area (Å²) in [6, 6.07) is 49.3. The highest BCUT2D eigenvalue weighted by atomic mass is 127. The van der Waals surface area contributed by atoms with Crippen molar-refractivity contribution >= 4 is 94.8 Å². The number of Topliss-reactive ketones (excluding diaryl/α,β-unsaturated/α-hetero) is 6. The molecule has 0 spiro atoms. The Balaban J connectivity index is 0.000000226. The lowest BCUT2D eigenvalue weighted by Crippen LogP contribution is -2.06. The molecule has 7 aromatic carbocycles. The van der Waals surface area contributed by atoms with E-state index in [1.54, 1.807) is 24.3 Å². The third-order valence-electron chi connectivity index (χ3n) is 8.56. The first-order valence-electron chi connectivity index (χ1n) is 21.2. The van der Waals surface area contributed by atoms with Crippen molar-refractivity contribution in [3.63, 3.8) is 0 Å². The Labute approximate surface area is 419 Å². The fourth-order valence-electron chi connectivity index (χ4n) is 5.35. The van der Waals surface area contributed by atoms with Crippen LogP contribution in [0, 0.1) is 3.57 Å². The van der Waals surface area contributed by atoms with Crippen molar-refractivity contribution in [1.29, 1.82) is 0 Å². The van der Waals surface area contributed by atoms with E-state index >= 15 is 0 Å². The molecule has 0 aliphatic rings. The SMILES string of the molecule is CC(=O)COc1ccc(Br)cc1.CC(=O)COc1ccc(C(C)=O)cc1.CC(=O)COc1ccc(I)cc1.CC(=O)COc1ccc2ccccc2c1.CC(=O)COc1cccc2ccccc12. The Kier molecular flexibility index (Phi) is 25.0. The molecule has 0 N–H and O–H groups in total. The second-order valence-corrected chi connectivity index (χ2v) is 17.1. The van der Waals surface area contributed by atoms with Gasteiger partial charge in [0.1, 0.15) is 61.8 Å². The third kappa shape index (κ3) is 23.1. The van der Waals surface area contributed by atoms with Gasteiger partial charge in [-0.25, -0.2) is 0 Å². The molecule has 0 bridgehead atoms. The molecule has 0 saturated heterocycles. The van der Waals surface area contributed by atoms with Gasteiger partial charge < -0.3 is 23.7 Å². The molecule has 11 nitrogen and oxygen atoms in total. The first kappa shape index (κ1) is 55.6. The van der Waals surface area contributed by atoms with Gasteiger partial charge in [-0.2, -0.15) is 0 Å². The van der Waals surface area contributed by atoms with E-state index in [1.165, 1.54) is 46.9 Å². The summed E-state index contributed by atoms with van der Waals surface area (Å²) in [5.41, 5.74) is 0.639. The molecule has 354 valence electrons. The lowest BCUT2D eigenvalue weighted by Gasteiger charge is -2.07. The smallest absolute Gasteiger partial charge is 0.167 e. The predicted octanol–water partition coefficient (Wildman–Crippen LogP) is 12.1. The van der Waals surface area contributed by atoms with E-state index in [0.717, 1.165) is 41.5 Å². The van der Waals surface area contributed by atoms with Crippen molar-refractivity contribution in [2.45, 2.75) is 41.5 Å². The molecule has 68 heavy (non-hydrogen) atoms. The summed E-state index contributed by atoms with van der Waals surface area (Å²) in [5, 5.41) is 4.46. The average Bonchev–Trinajstić information content (AvgIpc) is 3.32. The van der Waals surface area contributed by atoms with Crippen LogP contribution in [0.5, 0.6) is 28.7 Å². The molecule has 0 fully saturated rings. The van der Waals surface area contributed by atoms with Crippen LogP contribution >= 0.6 is 38.5 Å². The average molecular weight is 1100 g/mol. The van der Waals surface area contributed by atoms with Crippen LogP contribution in [0.4, 0.5) is 0 Å². The second-order valence-electron chi connectivity index (χ2n) is 14.9. The topological polar surface area (TPSA) is 149 Å². The molecular formula is C55H54BrIO11. The van der Waals surface area contributed by atoms with E-state index in [-0.39, 0.29) is 67.7 Å². The first-order chi connectivity index (χ1) is 32.5. The Morgan fingerprint density at radius 3 is 1.26 bits per heavy atom. The molecule has 13 heteroatoms. The highest BCUT2D eigenvalue weighted by Gasteiger charge is 2.04. The number of ketones is 6. The van der Waals surface area contributed by atoms with Crippen molar-refractivity contribution in [3.8, 4) is 28.7 Å². The van der Waals surface area contributed by atoms with E-state index in [2.05, 4.69) is 38.5 Å². The van der Waals surface area contributed by atoms with Crippen LogP contribution in [0.3, 0.4) is 0 Å². The first-order valence-corrected chi connectivity index (χ1v) is 23.1. The minimum atomic E-state index is -0.0272. The highest BCUT2D eigenvalue weighted by molar-refractivity contribution is 14.1. The maximum absolute atomic E-state index is 10.9. The lowest BCUT2D eigenvalue weighted by atomic mass is 10.1. The number of hydrogen-bond acceptors (Lipinski definition) is 11. The molecule has 7 rings (SSSR count). The Morgan fingerprint density at radius 1 is 0.397 bits per heavy atom. The number of rotatable bonds is 16. The van der Waals surface area contributed by atoms with Crippen LogP contribution in [0.2, 0.25) is 0 Å². The molecule has 7 aromatic rings. The Bertz CT molecular complexity index is 2650. The monoisotopic (exact) mass is 1100 g/mol. The minimum Gasteiger partial charge on any atom is -0.486 e. The van der Waals surface area contributed by atoms with Crippen LogP contribution in [0.25, 0.3) is 21.5 Å². The molecule has 0 saturated carbocycles. The molecule has 0 amide bonds. The van der Waals surface area contributed by atoms with Crippen molar-refractivity contribution in [2.75, 3.05) is 33.0 Å². The van der Waals surface area contributed by atoms with Crippen molar-refractivity contribution in [2.24, 2.45) is 0 Å². The quantitative estimate of drug-likeness (QED) is 0.0672. The lowest BCUT2D eigenvalue weighted by molar-refractivity contribution is -0.119. The van der Waals surface area contributed by atoms with E-state index in [4.69, 9.17) is 23.7 Å². The van der Waals surface area contributed by atoms with Crippen molar-refractivity contribution in [3.05, 3.63) is 171 Å². The van der Waals surface area contributed by atoms with Gasteiger partial charge in [-0.1, -0.05) is 82.7 Å². The maximum Gasteiger partial charge on any atom is 0.167 e. The van der Waals surface area contributed by atoms with Crippen LogP contribution in [-0.4, -0.2) is 67.7 Å². The number of fused-ring (bicyclic) bond motifs is 2. The zero-order chi connectivity index (χ0) is 49.8. The predicted molar refractivity (Wildman–Crippen MR) is 279 cm³/mol. The largest absolute Gasteiger partial charge is 0.486 e. The normalized spacial score (nSPS) is 9.82. The van der Waals surface area contributed by atoms with Crippen molar-refractivity contribution in [1.82, 2.24) is 0 Å². The summed E-state index contributed by atoms with van der Waals surface area (Å²) < 4.78 is 28.4. The molecule has 0 unspecified atom stereocenters. The summed E-state index contributed by atoms with van der Waals surface area (Å²) >= 11 is 5.52. The van der Waals surface area contributed by atoms with Crippen molar-refractivity contribution < 1.29 is 52.5 Å². The number of benzene rings is 7. The number of hydrogen-bond donors (Lipinski definition) is 0. The number of carbonyl (C=O) groups is 6. The number of carbonyl (C=O) groups excluding carboxylic acids is 6. The molecule has 0 atom stereocenters. The van der Waals surface area contributed by atoms with Gasteiger partial charge in [0, 0.05) is 19.0 Å². The van der Waals surface area contributed by atoms with E-state index < -0.39 is 0 Å². The van der Waals surface area contributed by atoms with Crippen LogP contribution in [0.15, 0.2) is 162 Å². The summed E-state index contributed by atoms with van der Waals surface area (Å²) in [6.45, 7) is 9.64. The summed E-state index contributed by atoms with van der Waals surface area (Å²) in [6.07, 6.45) is 0. The molecule has 0 aromatic heterocycles. The second kappa shape index (κ2) is 30.6. The standard InChI is InChI=1S/2C13H12O2.C11H12O3.C9H9BrO2.C9H9IO2/c1-10(14)9-15-13-8-4-6-11-5-2-3-7-12(11)13;1-10(14)9-15-13-7-6-11-4-2-3-5-12(11)8-13;1-8(12)7-14-11-5-3-10(4-6-11)9(2)13;2*1-7(11)6-12-9-4-2-8(10)3-5-9/h2*2-8H,9H2,1H3;3-6H,7H2,1-2H3;2*2-5H,6H2,1H3. The number of ether oxygens (including phenoxy) is 5. The van der Waals surface area contributed by atoms with Gasteiger partial charge in [-0.3, -0.25) is 28.8 Å². The summed E-state index contributed by atoms with van der Waals surface area (Å²) in [4.78, 5) is 64.2.